The Bertz CT molecular complexity index is 1050. The number of hydrogen-bond donors (Lipinski definition) is 1. The lowest BCUT2D eigenvalue weighted by molar-refractivity contribution is -0.115. The number of carbonyl (C=O) groups excluding carboxylic acids is 3. The topological polar surface area (TPSA) is 114 Å². The molecule has 2 heterocycles. The van der Waals surface area contributed by atoms with Crippen LogP contribution in [0, 0.1) is 5.92 Å². The summed E-state index contributed by atoms with van der Waals surface area (Å²) in [6, 6.07) is 4.64. The first-order chi connectivity index (χ1) is 16.7. The van der Waals surface area contributed by atoms with E-state index in [-0.39, 0.29) is 48.1 Å². The van der Waals surface area contributed by atoms with Gasteiger partial charge in [0.15, 0.2) is 0 Å². The molecule has 0 fully saturated rings. The van der Waals surface area contributed by atoms with Crippen LogP contribution in [0.1, 0.15) is 48.0 Å². The van der Waals surface area contributed by atoms with Gasteiger partial charge in [0.2, 0.25) is 5.91 Å². The van der Waals surface area contributed by atoms with E-state index in [0.29, 0.717) is 36.5 Å². The first-order valence-corrected chi connectivity index (χ1v) is 11.7. The Kier molecular flexibility index (Phi) is 8.75. The van der Waals surface area contributed by atoms with E-state index >= 15 is 0 Å². The van der Waals surface area contributed by atoms with Crippen LogP contribution in [0.15, 0.2) is 36.8 Å². The number of nitrogens with zero attached hydrogens (tertiary/aromatic N) is 4. The number of amides is 3. The number of likely N-dealkylation sites (N-methyl/N-ethyl adjacent to an activating group) is 1. The van der Waals surface area contributed by atoms with Gasteiger partial charge in [-0.2, -0.15) is 0 Å². The number of carbonyl (C=O) groups is 3. The fourth-order valence-electron chi connectivity index (χ4n) is 3.94. The van der Waals surface area contributed by atoms with Crippen molar-refractivity contribution in [3.63, 3.8) is 0 Å². The average Bonchev–Trinajstić information content (AvgIpc) is 2.88. The number of fused-ring (bicyclic) bond motifs is 1. The van der Waals surface area contributed by atoms with Crippen molar-refractivity contribution in [1.29, 1.82) is 0 Å². The first-order valence-electron chi connectivity index (χ1n) is 11.7. The van der Waals surface area contributed by atoms with Crippen molar-refractivity contribution in [2.24, 2.45) is 5.92 Å². The third-order valence-electron chi connectivity index (χ3n) is 6.09. The third-order valence-corrected chi connectivity index (χ3v) is 6.09. The van der Waals surface area contributed by atoms with Gasteiger partial charge in [-0.15, -0.1) is 0 Å². The van der Waals surface area contributed by atoms with Crippen molar-refractivity contribution in [3.8, 4) is 5.75 Å². The van der Waals surface area contributed by atoms with Crippen molar-refractivity contribution in [2.45, 2.75) is 39.3 Å². The lowest BCUT2D eigenvalue weighted by Crippen LogP contribution is -2.48. The summed E-state index contributed by atoms with van der Waals surface area (Å²) in [5.41, 5.74) is 1.08. The minimum atomic E-state index is -0.330. The number of aromatic nitrogens is 2. The number of anilines is 1. The predicted octanol–water partition coefficient (Wildman–Crippen LogP) is 2.47. The number of benzene rings is 1. The molecular formula is C25H33N5O5. The highest BCUT2D eigenvalue weighted by atomic mass is 16.5. The number of methoxy groups -OCH3 is 1. The van der Waals surface area contributed by atoms with E-state index in [1.807, 2.05) is 13.8 Å². The second kappa shape index (κ2) is 11.7. The van der Waals surface area contributed by atoms with Crippen molar-refractivity contribution < 1.29 is 23.9 Å². The molecule has 0 spiro atoms. The SMILES string of the molecule is CCC(=O)Nc1ccc2c(c1)C(=O)N(C)C[C@H](OC)[C@@H](C)CN(C(=O)c1cnccn1)[C@H](C)CO2. The van der Waals surface area contributed by atoms with E-state index in [4.69, 9.17) is 9.47 Å². The molecule has 35 heavy (non-hydrogen) atoms. The molecule has 188 valence electrons. The summed E-state index contributed by atoms with van der Waals surface area (Å²) < 4.78 is 11.8. The minimum absolute atomic E-state index is 0.0904. The molecule has 1 N–H and O–H groups in total. The monoisotopic (exact) mass is 483 g/mol. The van der Waals surface area contributed by atoms with Crippen LogP contribution >= 0.6 is 0 Å². The van der Waals surface area contributed by atoms with Gasteiger partial charge in [0.1, 0.15) is 18.1 Å². The smallest absolute Gasteiger partial charge is 0.274 e. The van der Waals surface area contributed by atoms with E-state index in [1.165, 1.54) is 18.6 Å². The molecular weight excluding hydrogens is 450 g/mol. The molecule has 10 heteroatoms. The quantitative estimate of drug-likeness (QED) is 0.711. The van der Waals surface area contributed by atoms with E-state index in [2.05, 4.69) is 15.3 Å². The number of hydrogen-bond acceptors (Lipinski definition) is 7. The summed E-state index contributed by atoms with van der Waals surface area (Å²) in [5, 5.41) is 2.78. The maximum absolute atomic E-state index is 13.4. The summed E-state index contributed by atoms with van der Waals surface area (Å²) in [7, 11) is 3.29. The summed E-state index contributed by atoms with van der Waals surface area (Å²) in [4.78, 5) is 50.0. The van der Waals surface area contributed by atoms with E-state index in [1.54, 1.807) is 49.1 Å². The van der Waals surface area contributed by atoms with Crippen molar-refractivity contribution in [3.05, 3.63) is 48.0 Å². The van der Waals surface area contributed by atoms with Crippen molar-refractivity contribution >= 4 is 23.4 Å². The van der Waals surface area contributed by atoms with Gasteiger partial charge in [-0.05, 0) is 25.1 Å². The van der Waals surface area contributed by atoms with Gasteiger partial charge in [-0.25, -0.2) is 4.98 Å². The molecule has 10 nitrogen and oxygen atoms in total. The highest BCUT2D eigenvalue weighted by molar-refractivity contribution is 5.99. The van der Waals surface area contributed by atoms with Crippen LogP contribution in [-0.4, -0.2) is 83.5 Å². The molecule has 0 bridgehead atoms. The number of nitrogens with one attached hydrogen (secondary N) is 1. The van der Waals surface area contributed by atoms with Crippen LogP contribution < -0.4 is 10.1 Å². The molecule has 3 rings (SSSR count). The molecule has 0 radical (unpaired) electrons. The fourth-order valence-corrected chi connectivity index (χ4v) is 3.94. The highest BCUT2D eigenvalue weighted by Gasteiger charge is 2.31. The minimum Gasteiger partial charge on any atom is -0.491 e. The highest BCUT2D eigenvalue weighted by Crippen LogP contribution is 2.27. The van der Waals surface area contributed by atoms with Crippen LogP contribution in [0.2, 0.25) is 0 Å². The summed E-state index contributed by atoms with van der Waals surface area (Å²) in [6.45, 7) is 6.47. The lowest BCUT2D eigenvalue weighted by Gasteiger charge is -2.35. The van der Waals surface area contributed by atoms with Crippen LogP contribution in [0.3, 0.4) is 0 Å². The van der Waals surface area contributed by atoms with Crippen molar-refractivity contribution in [2.75, 3.05) is 39.2 Å². The Morgan fingerprint density at radius 1 is 1.23 bits per heavy atom. The van der Waals surface area contributed by atoms with E-state index < -0.39 is 0 Å². The first kappa shape index (κ1) is 26.1. The second-order valence-corrected chi connectivity index (χ2v) is 8.76. The van der Waals surface area contributed by atoms with E-state index in [9.17, 15) is 14.4 Å². The molecule has 3 atom stereocenters. The number of rotatable bonds is 4. The standard InChI is InChI=1S/C25H33N5O5/c1-6-23(31)28-18-7-8-21-19(11-18)24(32)29(4)14-22(34-5)16(2)13-30(17(3)15-35-21)25(33)20-12-26-9-10-27-20/h7-12,16-17,22H,6,13-15H2,1-5H3,(H,28,31)/t16-,17+,22-/m0/s1. The van der Waals surface area contributed by atoms with Gasteiger partial charge >= 0.3 is 0 Å². The van der Waals surface area contributed by atoms with Gasteiger partial charge in [0.05, 0.1) is 23.9 Å². The predicted molar refractivity (Wildman–Crippen MR) is 130 cm³/mol. The second-order valence-electron chi connectivity index (χ2n) is 8.76. The van der Waals surface area contributed by atoms with Gasteiger partial charge in [0.25, 0.3) is 11.8 Å². The molecule has 0 unspecified atom stereocenters. The summed E-state index contributed by atoms with van der Waals surface area (Å²) in [5.74, 6) is -0.372. The maximum atomic E-state index is 13.4. The Morgan fingerprint density at radius 3 is 2.66 bits per heavy atom. The molecule has 3 amide bonds. The molecule has 1 aromatic carbocycles. The molecule has 2 aromatic rings. The fraction of sp³-hybridized carbons (Fsp3) is 0.480. The Morgan fingerprint density at radius 2 is 2.00 bits per heavy atom. The maximum Gasteiger partial charge on any atom is 0.274 e. The molecule has 1 aliphatic rings. The van der Waals surface area contributed by atoms with Crippen molar-refractivity contribution in [1.82, 2.24) is 19.8 Å². The summed E-state index contributed by atoms with van der Waals surface area (Å²) in [6.07, 6.45) is 4.45. The van der Waals surface area contributed by atoms with Crippen LogP contribution in [0.4, 0.5) is 5.69 Å². The molecule has 0 aliphatic carbocycles. The van der Waals surface area contributed by atoms with Crippen LogP contribution in [0.5, 0.6) is 5.75 Å². The van der Waals surface area contributed by atoms with Gasteiger partial charge < -0.3 is 24.6 Å². The van der Waals surface area contributed by atoms with Gasteiger partial charge in [-0.3, -0.25) is 19.4 Å². The number of ether oxygens (including phenoxy) is 2. The Hall–Kier alpha value is -3.53. The summed E-state index contributed by atoms with van der Waals surface area (Å²) >= 11 is 0. The zero-order valence-corrected chi connectivity index (χ0v) is 20.9. The normalized spacial score (nSPS) is 21.3. The largest absolute Gasteiger partial charge is 0.491 e. The molecule has 1 aliphatic heterocycles. The van der Waals surface area contributed by atoms with E-state index in [0.717, 1.165) is 0 Å². The zero-order valence-electron chi connectivity index (χ0n) is 20.9. The van der Waals surface area contributed by atoms with Gasteiger partial charge in [0, 0.05) is 57.7 Å². The molecule has 0 saturated heterocycles. The Balaban J connectivity index is 1.98. The van der Waals surface area contributed by atoms with Gasteiger partial charge in [-0.1, -0.05) is 13.8 Å². The van der Waals surface area contributed by atoms with Crippen LogP contribution in [0.25, 0.3) is 0 Å². The zero-order chi connectivity index (χ0) is 25.5. The van der Waals surface area contributed by atoms with Crippen LogP contribution in [-0.2, 0) is 9.53 Å². The lowest BCUT2D eigenvalue weighted by atomic mass is 10.0. The third kappa shape index (κ3) is 6.33. The molecule has 0 saturated carbocycles. The molecule has 1 aromatic heterocycles. The average molecular weight is 484 g/mol. The Labute approximate surface area is 205 Å².